The molecular formula is C25H26N4O4S3. The van der Waals surface area contributed by atoms with Crippen molar-refractivity contribution < 1.29 is 18.4 Å². The number of nitrogens with one attached hydrogen (secondary N) is 2. The Morgan fingerprint density at radius 2 is 1.97 bits per heavy atom. The fourth-order valence-corrected chi connectivity index (χ4v) is 6.98. The molecule has 1 unspecified atom stereocenters. The van der Waals surface area contributed by atoms with Crippen molar-refractivity contribution in [3.63, 3.8) is 0 Å². The second-order valence-corrected chi connectivity index (χ2v) is 13.0. The molecule has 2 aromatic carbocycles. The molecule has 4 rings (SSSR count). The number of carbonyl (C=O) groups is 1. The van der Waals surface area contributed by atoms with Crippen molar-refractivity contribution in [2.45, 2.75) is 21.6 Å². The van der Waals surface area contributed by atoms with Crippen LogP contribution in [0, 0.1) is 0 Å². The third-order valence-corrected chi connectivity index (χ3v) is 10.2. The highest BCUT2D eigenvalue weighted by Crippen LogP contribution is 2.31. The predicted molar refractivity (Wildman–Crippen MR) is 147 cm³/mol. The Labute approximate surface area is 218 Å². The van der Waals surface area contributed by atoms with Gasteiger partial charge in [0, 0.05) is 24.7 Å². The molecule has 0 aliphatic rings. The summed E-state index contributed by atoms with van der Waals surface area (Å²) in [6.45, 7) is 2.11. The van der Waals surface area contributed by atoms with E-state index >= 15 is 0 Å². The number of benzene rings is 2. The number of rotatable bonds is 10. The number of anilines is 1. The number of fused-ring (bicyclic) bond motifs is 1. The first-order valence-electron chi connectivity index (χ1n) is 11.0. The molecule has 0 saturated heterocycles. The number of hydrogen-bond donors (Lipinski definition) is 3. The molecule has 11 heteroatoms. The van der Waals surface area contributed by atoms with Crippen molar-refractivity contribution in [1.29, 1.82) is 0 Å². The SMILES string of the molecule is CN(c1cccc2cc(C(=O)NCC(C)(/C=N/O)SCc3ccccc3)[nH]c12)S(=O)(=O)c1cccs1. The van der Waals surface area contributed by atoms with Gasteiger partial charge in [0.1, 0.15) is 9.90 Å². The number of H-pyrrole nitrogens is 1. The van der Waals surface area contributed by atoms with Gasteiger partial charge in [0.05, 0.1) is 22.2 Å². The monoisotopic (exact) mass is 542 g/mol. The maximum absolute atomic E-state index is 13.0. The van der Waals surface area contributed by atoms with Gasteiger partial charge in [-0.25, -0.2) is 8.42 Å². The van der Waals surface area contributed by atoms with Crippen molar-refractivity contribution >= 4 is 61.8 Å². The minimum atomic E-state index is -3.73. The Morgan fingerprint density at radius 3 is 2.67 bits per heavy atom. The lowest BCUT2D eigenvalue weighted by Crippen LogP contribution is -2.39. The summed E-state index contributed by atoms with van der Waals surface area (Å²) >= 11 is 2.69. The van der Waals surface area contributed by atoms with Crippen molar-refractivity contribution in [3.8, 4) is 0 Å². The van der Waals surface area contributed by atoms with Gasteiger partial charge in [-0.15, -0.1) is 28.3 Å². The predicted octanol–water partition coefficient (Wildman–Crippen LogP) is 4.94. The van der Waals surface area contributed by atoms with Crippen molar-refractivity contribution in [2.75, 3.05) is 17.9 Å². The molecule has 0 saturated carbocycles. The molecule has 0 bridgehead atoms. The fraction of sp³-hybridized carbons (Fsp3) is 0.200. The van der Waals surface area contributed by atoms with E-state index in [9.17, 15) is 18.4 Å². The average Bonchev–Trinajstić information content (AvgIpc) is 3.57. The maximum atomic E-state index is 13.0. The molecule has 2 aromatic heterocycles. The van der Waals surface area contributed by atoms with Gasteiger partial charge < -0.3 is 15.5 Å². The Hall–Kier alpha value is -3.28. The number of aromatic nitrogens is 1. The smallest absolute Gasteiger partial charge is 0.273 e. The number of amides is 1. The number of hydrogen-bond acceptors (Lipinski definition) is 7. The largest absolute Gasteiger partial charge is 0.411 e. The van der Waals surface area contributed by atoms with E-state index in [4.69, 9.17) is 0 Å². The normalized spacial score (nSPS) is 13.6. The van der Waals surface area contributed by atoms with Gasteiger partial charge in [-0.2, -0.15) is 0 Å². The molecule has 0 spiro atoms. The molecule has 0 aliphatic heterocycles. The summed E-state index contributed by atoms with van der Waals surface area (Å²) in [5.41, 5.74) is 2.41. The molecule has 188 valence electrons. The molecule has 1 amide bonds. The molecule has 3 N–H and O–H groups in total. The van der Waals surface area contributed by atoms with Crippen LogP contribution in [0.1, 0.15) is 23.0 Å². The van der Waals surface area contributed by atoms with Crippen LogP contribution in [0.15, 0.2) is 81.5 Å². The zero-order chi connectivity index (χ0) is 25.8. The second kappa shape index (κ2) is 10.8. The Kier molecular flexibility index (Phi) is 7.72. The number of para-hydroxylation sites is 1. The van der Waals surface area contributed by atoms with E-state index in [-0.39, 0.29) is 16.7 Å². The van der Waals surface area contributed by atoms with E-state index in [0.29, 0.717) is 28.0 Å². The number of sulfonamides is 1. The quantitative estimate of drug-likeness (QED) is 0.149. The van der Waals surface area contributed by atoms with Gasteiger partial charge in [-0.05, 0) is 36.1 Å². The first-order valence-corrected chi connectivity index (χ1v) is 14.3. The minimum Gasteiger partial charge on any atom is -0.411 e. The summed E-state index contributed by atoms with van der Waals surface area (Å²) in [7, 11) is -2.23. The molecule has 2 heterocycles. The lowest BCUT2D eigenvalue weighted by molar-refractivity contribution is 0.0948. The fourth-order valence-electron chi connectivity index (χ4n) is 3.63. The highest BCUT2D eigenvalue weighted by atomic mass is 32.2. The van der Waals surface area contributed by atoms with E-state index in [1.54, 1.807) is 47.5 Å². The third kappa shape index (κ3) is 5.58. The summed E-state index contributed by atoms with van der Waals surface area (Å²) in [6, 6.07) is 20.1. The summed E-state index contributed by atoms with van der Waals surface area (Å²) in [4.78, 5) is 16.1. The lowest BCUT2D eigenvalue weighted by atomic mass is 10.2. The zero-order valence-corrected chi connectivity index (χ0v) is 22.2. The molecule has 4 aromatic rings. The average molecular weight is 543 g/mol. The van der Waals surface area contributed by atoms with Gasteiger partial charge in [-0.1, -0.05) is 48.5 Å². The highest BCUT2D eigenvalue weighted by molar-refractivity contribution is 8.00. The van der Waals surface area contributed by atoms with E-state index in [2.05, 4.69) is 15.5 Å². The molecule has 0 fully saturated rings. The van der Waals surface area contributed by atoms with Crippen molar-refractivity contribution in [1.82, 2.24) is 10.3 Å². The van der Waals surface area contributed by atoms with Gasteiger partial charge in [0.25, 0.3) is 15.9 Å². The topological polar surface area (TPSA) is 115 Å². The van der Waals surface area contributed by atoms with Crippen LogP contribution in [0.25, 0.3) is 10.9 Å². The van der Waals surface area contributed by atoms with Gasteiger partial charge in [-0.3, -0.25) is 9.10 Å². The maximum Gasteiger partial charge on any atom is 0.273 e. The van der Waals surface area contributed by atoms with Crippen molar-refractivity contribution in [2.24, 2.45) is 5.16 Å². The number of aromatic amines is 1. The zero-order valence-electron chi connectivity index (χ0n) is 19.7. The van der Waals surface area contributed by atoms with Gasteiger partial charge in [0.15, 0.2) is 0 Å². The summed E-state index contributed by atoms with van der Waals surface area (Å²) < 4.78 is 26.9. The molecular weight excluding hydrogens is 517 g/mol. The number of carbonyl (C=O) groups excluding carboxylic acids is 1. The van der Waals surface area contributed by atoms with E-state index in [1.165, 1.54) is 17.6 Å². The van der Waals surface area contributed by atoms with Gasteiger partial charge >= 0.3 is 0 Å². The molecule has 1 atom stereocenters. The number of nitrogens with zero attached hydrogens (tertiary/aromatic N) is 2. The standard InChI is InChI=1S/C25H26N4O4S3/c1-25(17-27-31,35-15-18-8-4-3-5-9-18)16-26-24(30)20-14-19-10-6-11-21(23(19)28-20)29(2)36(32,33)22-12-7-13-34-22/h3-14,17,28,31H,15-16H2,1-2H3,(H,26,30)/b27-17+. The first-order chi connectivity index (χ1) is 17.2. The van der Waals surface area contributed by atoms with E-state index in [0.717, 1.165) is 16.9 Å². The van der Waals surface area contributed by atoms with Crippen LogP contribution >= 0.6 is 23.1 Å². The van der Waals surface area contributed by atoms with Crippen LogP contribution in [-0.2, 0) is 15.8 Å². The van der Waals surface area contributed by atoms with Crippen molar-refractivity contribution in [3.05, 3.63) is 83.4 Å². The van der Waals surface area contributed by atoms with Crippen LogP contribution in [0.4, 0.5) is 5.69 Å². The summed E-state index contributed by atoms with van der Waals surface area (Å²) in [6.07, 6.45) is 1.41. The number of thioether (sulfide) groups is 1. The molecule has 8 nitrogen and oxygen atoms in total. The highest BCUT2D eigenvalue weighted by Gasteiger charge is 2.27. The Balaban J connectivity index is 1.51. The van der Waals surface area contributed by atoms with E-state index in [1.807, 2.05) is 43.3 Å². The lowest BCUT2D eigenvalue weighted by Gasteiger charge is -2.24. The van der Waals surface area contributed by atoms with Gasteiger partial charge in [0.2, 0.25) is 0 Å². The first kappa shape index (κ1) is 25.8. The minimum absolute atomic E-state index is 0.224. The summed E-state index contributed by atoms with van der Waals surface area (Å²) in [5.74, 6) is 0.332. The molecule has 0 radical (unpaired) electrons. The molecule has 0 aliphatic carbocycles. The Bertz CT molecular complexity index is 1470. The third-order valence-electron chi connectivity index (χ3n) is 5.67. The van der Waals surface area contributed by atoms with Crippen LogP contribution in [0.5, 0.6) is 0 Å². The Morgan fingerprint density at radius 1 is 1.19 bits per heavy atom. The van der Waals surface area contributed by atoms with Crippen LogP contribution in [0.3, 0.4) is 0 Å². The number of oxime groups is 1. The second-order valence-electron chi connectivity index (χ2n) is 8.34. The van der Waals surface area contributed by atoms with Crippen LogP contribution < -0.4 is 9.62 Å². The molecule has 36 heavy (non-hydrogen) atoms. The van der Waals surface area contributed by atoms with Crippen LogP contribution in [0.2, 0.25) is 0 Å². The number of thiophene rings is 1. The van der Waals surface area contributed by atoms with Crippen LogP contribution in [-0.4, -0.2) is 49.1 Å². The summed E-state index contributed by atoms with van der Waals surface area (Å²) in [5, 5.41) is 17.7. The van der Waals surface area contributed by atoms with E-state index < -0.39 is 14.8 Å².